The maximum absolute atomic E-state index is 11.1. The number of carboxylic acid groups (broad SMARTS) is 1. The largest absolute Gasteiger partial charge is 0.480 e. The smallest absolute Gasteiger partial charge is 0.323 e. The average molecular weight is 254 g/mol. The van der Waals surface area contributed by atoms with Gasteiger partial charge in [-0.15, -0.1) is 0 Å². The molecule has 0 amide bonds. The van der Waals surface area contributed by atoms with E-state index in [0.29, 0.717) is 12.5 Å². The number of nitrogens with two attached hydrogens (primary N) is 1. The molecule has 3 N–H and O–H groups in total. The van der Waals surface area contributed by atoms with Crippen molar-refractivity contribution in [3.8, 4) is 0 Å². The molecule has 2 rings (SSSR count). The van der Waals surface area contributed by atoms with Crippen molar-refractivity contribution in [1.29, 1.82) is 0 Å². The molecule has 0 spiro atoms. The van der Waals surface area contributed by atoms with Gasteiger partial charge in [-0.05, 0) is 52.0 Å². The number of hydrogen-bond acceptors (Lipinski definition) is 3. The zero-order valence-corrected chi connectivity index (χ0v) is 11.6. The summed E-state index contributed by atoms with van der Waals surface area (Å²) < 4.78 is 0. The number of nitrogens with zero attached hydrogens (tertiary/aromatic N) is 1. The average Bonchev–Trinajstić information content (AvgIpc) is 2.71. The highest BCUT2D eigenvalue weighted by Gasteiger charge is 2.40. The summed E-state index contributed by atoms with van der Waals surface area (Å²) in [4.78, 5) is 13.6. The minimum atomic E-state index is -1.10. The molecular weight excluding hydrogens is 228 g/mol. The van der Waals surface area contributed by atoms with E-state index in [0.717, 1.165) is 12.5 Å². The lowest BCUT2D eigenvalue weighted by Crippen LogP contribution is -2.51. The first kappa shape index (κ1) is 13.8. The highest BCUT2D eigenvalue weighted by Crippen LogP contribution is 2.38. The van der Waals surface area contributed by atoms with Crippen molar-refractivity contribution >= 4 is 5.97 Å². The van der Waals surface area contributed by atoms with Gasteiger partial charge in [-0.3, -0.25) is 9.69 Å². The van der Waals surface area contributed by atoms with E-state index in [-0.39, 0.29) is 6.04 Å². The second-order valence-electron chi connectivity index (χ2n) is 6.41. The van der Waals surface area contributed by atoms with E-state index >= 15 is 0 Å². The van der Waals surface area contributed by atoms with Gasteiger partial charge in [0.15, 0.2) is 0 Å². The highest BCUT2D eigenvalue weighted by atomic mass is 16.4. The molecule has 104 valence electrons. The van der Waals surface area contributed by atoms with Gasteiger partial charge in [0.1, 0.15) is 5.54 Å². The van der Waals surface area contributed by atoms with E-state index < -0.39 is 11.5 Å². The molecule has 4 nitrogen and oxygen atoms in total. The zero-order chi connectivity index (χ0) is 13.3. The molecule has 4 heteroatoms. The van der Waals surface area contributed by atoms with Crippen LogP contribution in [0.15, 0.2) is 0 Å². The normalized spacial score (nSPS) is 33.7. The number of carbonyl (C=O) groups is 1. The first-order valence-electron chi connectivity index (χ1n) is 7.20. The molecule has 0 aromatic heterocycles. The predicted octanol–water partition coefficient (Wildman–Crippen LogP) is 1.83. The third-order valence-electron chi connectivity index (χ3n) is 4.83. The molecule has 18 heavy (non-hydrogen) atoms. The molecule has 1 saturated heterocycles. The molecule has 4 unspecified atom stereocenters. The van der Waals surface area contributed by atoms with E-state index in [1.807, 2.05) is 0 Å². The van der Waals surface area contributed by atoms with Crippen LogP contribution in [-0.2, 0) is 4.79 Å². The Bertz CT molecular complexity index is 317. The van der Waals surface area contributed by atoms with Crippen molar-refractivity contribution in [1.82, 2.24) is 4.90 Å². The second kappa shape index (κ2) is 5.17. The van der Waals surface area contributed by atoms with Crippen LogP contribution in [0.2, 0.25) is 0 Å². The van der Waals surface area contributed by atoms with Crippen LogP contribution in [0.4, 0.5) is 0 Å². The van der Waals surface area contributed by atoms with Crippen molar-refractivity contribution in [2.24, 2.45) is 11.7 Å². The molecular formula is C14H26N2O2. The van der Waals surface area contributed by atoms with Gasteiger partial charge >= 0.3 is 5.97 Å². The van der Waals surface area contributed by atoms with Gasteiger partial charge < -0.3 is 10.8 Å². The molecule has 2 fully saturated rings. The van der Waals surface area contributed by atoms with Gasteiger partial charge in [-0.1, -0.05) is 12.8 Å². The van der Waals surface area contributed by atoms with Crippen LogP contribution in [0, 0.1) is 5.92 Å². The van der Waals surface area contributed by atoms with Gasteiger partial charge in [0.2, 0.25) is 0 Å². The molecule has 1 heterocycles. The van der Waals surface area contributed by atoms with Crippen LogP contribution < -0.4 is 5.73 Å². The standard InChI is InChI=1S/C14H26N2O2/c1-10(9-14(2,15)13(17)18)16-8-7-11-5-3-4-6-12(11)16/h10-12H,3-9,15H2,1-2H3,(H,17,18). The van der Waals surface area contributed by atoms with E-state index in [1.54, 1.807) is 6.92 Å². The van der Waals surface area contributed by atoms with Gasteiger partial charge in [0.25, 0.3) is 0 Å². The second-order valence-corrected chi connectivity index (χ2v) is 6.41. The lowest BCUT2D eigenvalue weighted by molar-refractivity contribution is -0.143. The zero-order valence-electron chi connectivity index (χ0n) is 11.6. The summed E-state index contributed by atoms with van der Waals surface area (Å²) in [7, 11) is 0. The van der Waals surface area contributed by atoms with Crippen molar-refractivity contribution in [3.63, 3.8) is 0 Å². The Morgan fingerprint density at radius 1 is 1.44 bits per heavy atom. The Labute approximate surface area is 110 Å². The van der Waals surface area contributed by atoms with Crippen LogP contribution in [0.3, 0.4) is 0 Å². The lowest BCUT2D eigenvalue weighted by atomic mass is 9.84. The van der Waals surface area contributed by atoms with Gasteiger partial charge in [0, 0.05) is 12.1 Å². The van der Waals surface area contributed by atoms with Crippen molar-refractivity contribution in [2.75, 3.05) is 6.54 Å². The third-order valence-corrected chi connectivity index (χ3v) is 4.83. The number of rotatable bonds is 4. The molecule has 1 aliphatic heterocycles. The van der Waals surface area contributed by atoms with Crippen LogP contribution in [-0.4, -0.2) is 40.1 Å². The Morgan fingerprint density at radius 3 is 2.78 bits per heavy atom. The number of likely N-dealkylation sites (tertiary alicyclic amines) is 1. The Balaban J connectivity index is 1.97. The van der Waals surface area contributed by atoms with Gasteiger partial charge in [-0.2, -0.15) is 0 Å². The summed E-state index contributed by atoms with van der Waals surface area (Å²) in [6.07, 6.45) is 7.14. The minimum Gasteiger partial charge on any atom is -0.480 e. The molecule has 0 aromatic rings. The van der Waals surface area contributed by atoms with Gasteiger partial charge in [0.05, 0.1) is 0 Å². The first-order valence-corrected chi connectivity index (χ1v) is 7.20. The topological polar surface area (TPSA) is 66.6 Å². The summed E-state index contributed by atoms with van der Waals surface area (Å²) in [5.41, 5.74) is 4.76. The number of carboxylic acids is 1. The van der Waals surface area contributed by atoms with Crippen molar-refractivity contribution in [3.05, 3.63) is 0 Å². The molecule has 0 radical (unpaired) electrons. The summed E-state index contributed by atoms with van der Waals surface area (Å²) in [6.45, 7) is 4.87. The molecule has 4 atom stereocenters. The quantitative estimate of drug-likeness (QED) is 0.803. The maximum Gasteiger partial charge on any atom is 0.323 e. The van der Waals surface area contributed by atoms with E-state index in [2.05, 4.69) is 11.8 Å². The molecule has 0 bridgehead atoms. The number of aliphatic carboxylic acids is 1. The van der Waals surface area contributed by atoms with Crippen molar-refractivity contribution < 1.29 is 9.90 Å². The Kier molecular flexibility index (Phi) is 3.97. The number of hydrogen-bond donors (Lipinski definition) is 2. The predicted molar refractivity (Wildman–Crippen MR) is 71.4 cm³/mol. The van der Waals surface area contributed by atoms with E-state index in [1.165, 1.54) is 32.1 Å². The lowest BCUT2D eigenvalue weighted by Gasteiger charge is -2.37. The van der Waals surface area contributed by atoms with E-state index in [9.17, 15) is 4.79 Å². The maximum atomic E-state index is 11.1. The fraction of sp³-hybridized carbons (Fsp3) is 0.929. The fourth-order valence-electron chi connectivity index (χ4n) is 3.81. The molecule has 1 saturated carbocycles. The van der Waals surface area contributed by atoms with Crippen LogP contribution >= 0.6 is 0 Å². The first-order chi connectivity index (χ1) is 8.42. The Morgan fingerprint density at radius 2 is 2.11 bits per heavy atom. The third kappa shape index (κ3) is 2.69. The molecule has 1 aliphatic carbocycles. The van der Waals surface area contributed by atoms with Gasteiger partial charge in [-0.25, -0.2) is 0 Å². The summed E-state index contributed by atoms with van der Waals surface area (Å²) in [5.74, 6) is -0.0520. The van der Waals surface area contributed by atoms with Crippen molar-refractivity contribution in [2.45, 2.75) is 70.0 Å². The Hall–Kier alpha value is -0.610. The summed E-state index contributed by atoms with van der Waals surface area (Å²) >= 11 is 0. The van der Waals surface area contributed by atoms with E-state index in [4.69, 9.17) is 10.8 Å². The number of fused-ring (bicyclic) bond motifs is 1. The SMILES string of the molecule is CC(CC(C)(N)C(=O)O)N1CCC2CCCCC21. The monoisotopic (exact) mass is 254 g/mol. The highest BCUT2D eigenvalue weighted by molar-refractivity contribution is 5.77. The summed E-state index contributed by atoms with van der Waals surface area (Å²) in [5, 5.41) is 9.12. The van der Waals surface area contributed by atoms with Crippen LogP contribution in [0.25, 0.3) is 0 Å². The fourth-order valence-corrected chi connectivity index (χ4v) is 3.81. The molecule has 2 aliphatic rings. The summed E-state index contributed by atoms with van der Waals surface area (Å²) in [6, 6.07) is 0.947. The molecule has 0 aromatic carbocycles. The van der Waals surface area contributed by atoms with Crippen LogP contribution in [0.1, 0.15) is 52.4 Å². The van der Waals surface area contributed by atoms with Crippen LogP contribution in [0.5, 0.6) is 0 Å². The minimum absolute atomic E-state index is 0.268.